The summed E-state index contributed by atoms with van der Waals surface area (Å²) < 4.78 is 27.6. The fourth-order valence-corrected chi connectivity index (χ4v) is 5.22. The molecule has 1 amide bonds. The summed E-state index contributed by atoms with van der Waals surface area (Å²) in [5.41, 5.74) is 2.97. The first-order valence-corrected chi connectivity index (χ1v) is 12.4. The molecule has 0 spiro atoms. The van der Waals surface area contributed by atoms with E-state index in [9.17, 15) is 13.2 Å². The van der Waals surface area contributed by atoms with Crippen LogP contribution in [0.5, 0.6) is 0 Å². The summed E-state index contributed by atoms with van der Waals surface area (Å²) in [6, 6.07) is 14.6. The van der Waals surface area contributed by atoms with Crippen molar-refractivity contribution in [2.45, 2.75) is 51.0 Å². The predicted octanol–water partition coefficient (Wildman–Crippen LogP) is 3.84. The summed E-state index contributed by atoms with van der Waals surface area (Å²) in [4.78, 5) is 15.1. The number of anilines is 1. The zero-order valence-corrected chi connectivity index (χ0v) is 19.7. The Morgan fingerprint density at radius 2 is 1.61 bits per heavy atom. The Balaban J connectivity index is 1.60. The van der Waals surface area contributed by atoms with Gasteiger partial charge in [-0.3, -0.25) is 9.69 Å². The second-order valence-electron chi connectivity index (χ2n) is 8.30. The monoisotopic (exact) mass is 443 g/mol. The van der Waals surface area contributed by atoms with Crippen LogP contribution < -0.4 is 5.32 Å². The van der Waals surface area contributed by atoms with Gasteiger partial charge in [0.25, 0.3) is 0 Å². The van der Waals surface area contributed by atoms with Crippen LogP contribution in [0.2, 0.25) is 0 Å². The Kier molecular flexibility index (Phi) is 7.51. The highest BCUT2D eigenvalue weighted by atomic mass is 32.2. The van der Waals surface area contributed by atoms with Gasteiger partial charge in [-0.05, 0) is 55.5 Å². The minimum atomic E-state index is -3.53. The van der Waals surface area contributed by atoms with Crippen molar-refractivity contribution >= 4 is 21.6 Å². The third-order valence-corrected chi connectivity index (χ3v) is 8.22. The fourth-order valence-electron chi connectivity index (χ4n) is 3.80. The van der Waals surface area contributed by atoms with Crippen molar-refractivity contribution < 1.29 is 13.2 Å². The smallest absolute Gasteiger partial charge is 0.243 e. The molecule has 3 rings (SSSR count). The summed E-state index contributed by atoms with van der Waals surface area (Å²) in [5.74, 6) is 0.332. The molecule has 1 saturated heterocycles. The number of nitrogens with one attached hydrogen (secondary N) is 1. The first kappa shape index (κ1) is 23.4. The van der Waals surface area contributed by atoms with Crippen LogP contribution in [0.3, 0.4) is 0 Å². The molecule has 0 radical (unpaired) electrons. The van der Waals surface area contributed by atoms with Crippen molar-refractivity contribution in [3.63, 3.8) is 0 Å². The van der Waals surface area contributed by atoms with Gasteiger partial charge in [0.15, 0.2) is 0 Å². The summed E-state index contributed by atoms with van der Waals surface area (Å²) in [6.45, 7) is 9.87. The zero-order chi connectivity index (χ0) is 22.6. The van der Waals surface area contributed by atoms with Gasteiger partial charge < -0.3 is 5.32 Å². The highest BCUT2D eigenvalue weighted by Crippen LogP contribution is 2.23. The first-order chi connectivity index (χ1) is 14.7. The standard InChI is InChI=1S/C24H33N3O3S/c1-5-18(2)21-10-12-22(13-11-21)31(29,30)27-16-14-26(15-17-27)20(4)24(28)25-23-9-7-6-8-19(23)3/h6-13,18,20H,5,14-17H2,1-4H3,(H,25,28). The van der Waals surface area contributed by atoms with E-state index in [1.54, 1.807) is 12.1 Å². The minimum Gasteiger partial charge on any atom is -0.324 e. The van der Waals surface area contributed by atoms with Gasteiger partial charge in [0.05, 0.1) is 10.9 Å². The molecular formula is C24H33N3O3S. The Morgan fingerprint density at radius 3 is 2.19 bits per heavy atom. The molecule has 1 aliphatic rings. The SMILES string of the molecule is CCC(C)c1ccc(S(=O)(=O)N2CCN(C(C)C(=O)Nc3ccccc3C)CC2)cc1. The molecule has 2 unspecified atom stereocenters. The average Bonchev–Trinajstić information content (AvgIpc) is 2.79. The van der Waals surface area contributed by atoms with Crippen LogP contribution in [0.1, 0.15) is 44.2 Å². The number of rotatable bonds is 7. The summed E-state index contributed by atoms with van der Waals surface area (Å²) in [5, 5.41) is 2.98. The van der Waals surface area contributed by atoms with E-state index in [0.29, 0.717) is 37.0 Å². The van der Waals surface area contributed by atoms with Crippen LogP contribution in [-0.2, 0) is 14.8 Å². The number of nitrogens with zero attached hydrogens (tertiary/aromatic N) is 2. The fraction of sp³-hybridized carbons (Fsp3) is 0.458. The van der Waals surface area contributed by atoms with Crippen LogP contribution in [0.15, 0.2) is 53.4 Å². The maximum absolute atomic E-state index is 13.1. The van der Waals surface area contributed by atoms with Gasteiger partial charge in [0.1, 0.15) is 0 Å². The van der Waals surface area contributed by atoms with Gasteiger partial charge in [-0.25, -0.2) is 8.42 Å². The molecule has 2 aromatic carbocycles. The lowest BCUT2D eigenvalue weighted by Crippen LogP contribution is -2.53. The van der Waals surface area contributed by atoms with E-state index >= 15 is 0 Å². The molecule has 6 nitrogen and oxygen atoms in total. The van der Waals surface area contributed by atoms with Crippen LogP contribution >= 0.6 is 0 Å². The highest BCUT2D eigenvalue weighted by Gasteiger charge is 2.32. The molecule has 31 heavy (non-hydrogen) atoms. The maximum Gasteiger partial charge on any atom is 0.243 e. The summed E-state index contributed by atoms with van der Waals surface area (Å²) >= 11 is 0. The van der Waals surface area contributed by atoms with E-state index in [0.717, 1.165) is 23.2 Å². The van der Waals surface area contributed by atoms with Gasteiger partial charge in [-0.2, -0.15) is 4.31 Å². The topological polar surface area (TPSA) is 69.7 Å². The van der Waals surface area contributed by atoms with Crippen LogP contribution in [0.25, 0.3) is 0 Å². The largest absolute Gasteiger partial charge is 0.324 e. The molecule has 0 aliphatic carbocycles. The second-order valence-corrected chi connectivity index (χ2v) is 10.2. The molecule has 7 heteroatoms. The number of hydrogen-bond acceptors (Lipinski definition) is 4. The van der Waals surface area contributed by atoms with E-state index in [2.05, 4.69) is 19.2 Å². The summed E-state index contributed by atoms with van der Waals surface area (Å²) in [7, 11) is -3.53. The van der Waals surface area contributed by atoms with Crippen LogP contribution in [-0.4, -0.2) is 55.8 Å². The Bertz CT molecular complexity index is 997. The number of benzene rings is 2. The number of hydrogen-bond donors (Lipinski definition) is 1. The molecule has 1 aliphatic heterocycles. The molecule has 0 aromatic heterocycles. The molecule has 168 valence electrons. The number of amides is 1. The Hall–Kier alpha value is -2.22. The number of sulfonamides is 1. The van der Waals surface area contributed by atoms with E-state index in [1.807, 2.05) is 55.1 Å². The normalized spacial score (nSPS) is 17.8. The Labute approximate surface area is 186 Å². The number of aryl methyl sites for hydroxylation is 1. The van der Waals surface area contributed by atoms with Gasteiger partial charge in [0, 0.05) is 31.9 Å². The van der Waals surface area contributed by atoms with Crippen molar-refractivity contribution in [1.29, 1.82) is 0 Å². The minimum absolute atomic E-state index is 0.0776. The first-order valence-electron chi connectivity index (χ1n) is 10.9. The number of para-hydroxylation sites is 1. The molecule has 1 N–H and O–H groups in total. The molecule has 0 saturated carbocycles. The molecule has 1 heterocycles. The molecular weight excluding hydrogens is 410 g/mol. The lowest BCUT2D eigenvalue weighted by atomic mass is 9.99. The number of carbonyl (C=O) groups is 1. The van der Waals surface area contributed by atoms with E-state index in [1.165, 1.54) is 4.31 Å². The van der Waals surface area contributed by atoms with Gasteiger partial charge in [0.2, 0.25) is 15.9 Å². The Morgan fingerprint density at radius 1 is 1.00 bits per heavy atom. The summed E-state index contributed by atoms with van der Waals surface area (Å²) in [6.07, 6.45) is 1.02. The molecule has 2 aromatic rings. The third-order valence-electron chi connectivity index (χ3n) is 6.30. The molecule has 2 atom stereocenters. The average molecular weight is 444 g/mol. The van der Waals surface area contributed by atoms with Crippen LogP contribution in [0.4, 0.5) is 5.69 Å². The van der Waals surface area contributed by atoms with Gasteiger partial charge >= 0.3 is 0 Å². The number of piperazine rings is 1. The van der Waals surface area contributed by atoms with Gasteiger partial charge in [-0.1, -0.05) is 44.2 Å². The van der Waals surface area contributed by atoms with Crippen molar-refractivity contribution in [2.75, 3.05) is 31.5 Å². The zero-order valence-electron chi connectivity index (χ0n) is 18.8. The lowest BCUT2D eigenvalue weighted by Gasteiger charge is -2.36. The van der Waals surface area contributed by atoms with Crippen molar-refractivity contribution in [3.8, 4) is 0 Å². The van der Waals surface area contributed by atoms with Crippen molar-refractivity contribution in [3.05, 3.63) is 59.7 Å². The predicted molar refractivity (Wildman–Crippen MR) is 125 cm³/mol. The van der Waals surface area contributed by atoms with Crippen LogP contribution in [0, 0.1) is 6.92 Å². The molecule has 0 bridgehead atoms. The van der Waals surface area contributed by atoms with Gasteiger partial charge in [-0.15, -0.1) is 0 Å². The van der Waals surface area contributed by atoms with Crippen molar-refractivity contribution in [1.82, 2.24) is 9.21 Å². The second kappa shape index (κ2) is 9.94. The molecule has 1 fully saturated rings. The maximum atomic E-state index is 13.1. The van der Waals surface area contributed by atoms with Crippen molar-refractivity contribution in [2.24, 2.45) is 0 Å². The lowest BCUT2D eigenvalue weighted by molar-refractivity contribution is -0.121. The third kappa shape index (κ3) is 5.34. The van der Waals surface area contributed by atoms with E-state index in [4.69, 9.17) is 0 Å². The number of carbonyl (C=O) groups excluding carboxylic acids is 1. The highest BCUT2D eigenvalue weighted by molar-refractivity contribution is 7.89. The van der Waals surface area contributed by atoms with E-state index < -0.39 is 10.0 Å². The quantitative estimate of drug-likeness (QED) is 0.706. The van der Waals surface area contributed by atoms with E-state index in [-0.39, 0.29) is 11.9 Å².